The van der Waals surface area contributed by atoms with Crippen molar-refractivity contribution in [2.75, 3.05) is 11.8 Å². The molecule has 0 saturated carbocycles. The van der Waals surface area contributed by atoms with Gasteiger partial charge in [-0.1, -0.05) is 11.6 Å². The summed E-state index contributed by atoms with van der Waals surface area (Å²) >= 11 is 5.73. The van der Waals surface area contributed by atoms with Gasteiger partial charge in [-0.15, -0.1) is 0 Å². The molecule has 1 amide bonds. The molecular formula is C19H13ClF2N6O4S. The number of hydrogen-bond acceptors (Lipinski definition) is 6. The van der Waals surface area contributed by atoms with E-state index in [0.717, 1.165) is 24.4 Å². The number of pyridine rings is 1. The minimum absolute atomic E-state index is 0.0609. The number of nitrogens with zero attached hydrogens (tertiary/aromatic N) is 3. The standard InChI is InChI=1S/C19H13ClF2N6O4S/c1-23-19(30)17-13-6-24-12(7-28(13)8-26-17)15-10(21)2-3-11(16(15)22)27-33(31,32)14-4-9(20)5-25-18(14)29/h2-8,27H,1H3,(H,23,30)(H,25,29). The summed E-state index contributed by atoms with van der Waals surface area (Å²) in [6, 6.07) is 2.60. The monoisotopic (exact) mass is 494 g/mol. The summed E-state index contributed by atoms with van der Waals surface area (Å²) in [4.78, 5) is 33.1. The van der Waals surface area contributed by atoms with Crippen LogP contribution in [0.3, 0.4) is 0 Å². The third-order valence-corrected chi connectivity index (χ3v) is 6.17. The number of halogens is 3. The van der Waals surface area contributed by atoms with Crippen molar-refractivity contribution in [3.8, 4) is 11.3 Å². The van der Waals surface area contributed by atoms with Gasteiger partial charge in [0.1, 0.15) is 12.1 Å². The number of fused-ring (bicyclic) bond motifs is 1. The van der Waals surface area contributed by atoms with E-state index in [-0.39, 0.29) is 21.9 Å². The van der Waals surface area contributed by atoms with Crippen LogP contribution in [0.4, 0.5) is 14.5 Å². The number of aromatic amines is 1. The van der Waals surface area contributed by atoms with Gasteiger partial charge in [-0.25, -0.2) is 22.2 Å². The highest BCUT2D eigenvalue weighted by Gasteiger charge is 2.24. The summed E-state index contributed by atoms with van der Waals surface area (Å²) in [6.07, 6.45) is 4.79. The second kappa shape index (κ2) is 8.26. The average molecular weight is 495 g/mol. The Labute approximate surface area is 189 Å². The fraction of sp³-hybridized carbons (Fsp3) is 0.0526. The molecule has 0 fully saturated rings. The Morgan fingerprint density at radius 3 is 2.73 bits per heavy atom. The molecule has 33 heavy (non-hydrogen) atoms. The fourth-order valence-corrected chi connectivity index (χ4v) is 4.39. The Morgan fingerprint density at radius 2 is 2.00 bits per heavy atom. The second-order valence-electron chi connectivity index (χ2n) is 6.64. The largest absolute Gasteiger partial charge is 0.354 e. The van der Waals surface area contributed by atoms with Gasteiger partial charge < -0.3 is 14.7 Å². The minimum atomic E-state index is -4.57. The van der Waals surface area contributed by atoms with Crippen molar-refractivity contribution in [2.45, 2.75) is 4.90 Å². The zero-order chi connectivity index (χ0) is 23.9. The van der Waals surface area contributed by atoms with Crippen LogP contribution in [0.2, 0.25) is 5.02 Å². The van der Waals surface area contributed by atoms with Crippen LogP contribution < -0.4 is 15.6 Å². The molecule has 0 bridgehead atoms. The molecule has 0 aliphatic carbocycles. The molecule has 0 aliphatic heterocycles. The number of aromatic nitrogens is 4. The molecule has 4 rings (SSSR count). The first-order valence-corrected chi connectivity index (χ1v) is 10.9. The van der Waals surface area contributed by atoms with Gasteiger partial charge in [0.25, 0.3) is 21.5 Å². The van der Waals surface area contributed by atoms with Gasteiger partial charge in [-0.05, 0) is 18.2 Å². The van der Waals surface area contributed by atoms with Crippen molar-refractivity contribution in [3.05, 3.63) is 75.8 Å². The molecule has 3 N–H and O–H groups in total. The molecule has 0 aliphatic rings. The molecule has 4 aromatic rings. The molecule has 3 aromatic heterocycles. The number of amides is 1. The Kier molecular flexibility index (Phi) is 5.59. The van der Waals surface area contributed by atoms with Crippen LogP contribution in [0.1, 0.15) is 10.5 Å². The van der Waals surface area contributed by atoms with Gasteiger partial charge in [-0.3, -0.25) is 19.3 Å². The number of rotatable bonds is 5. The van der Waals surface area contributed by atoms with E-state index in [9.17, 15) is 22.4 Å². The van der Waals surface area contributed by atoms with Crippen LogP contribution in [-0.4, -0.2) is 40.7 Å². The number of nitrogens with one attached hydrogen (secondary N) is 3. The number of carbonyl (C=O) groups excluding carboxylic acids is 1. The van der Waals surface area contributed by atoms with Gasteiger partial charge in [0.15, 0.2) is 16.4 Å². The normalized spacial score (nSPS) is 11.5. The molecule has 14 heteroatoms. The summed E-state index contributed by atoms with van der Waals surface area (Å²) in [7, 11) is -3.14. The maximum absolute atomic E-state index is 15.2. The topological polar surface area (TPSA) is 138 Å². The van der Waals surface area contributed by atoms with Crippen LogP contribution in [-0.2, 0) is 10.0 Å². The van der Waals surface area contributed by atoms with E-state index in [1.165, 1.54) is 30.2 Å². The summed E-state index contributed by atoms with van der Waals surface area (Å²) in [5, 5.41) is 2.35. The molecule has 10 nitrogen and oxygen atoms in total. The third-order valence-electron chi connectivity index (χ3n) is 4.58. The molecule has 1 aromatic carbocycles. The SMILES string of the molecule is CNC(=O)c1ncn2cc(-c3c(F)ccc(NS(=O)(=O)c4cc(Cl)c[nH]c4=O)c3F)ncc12. The van der Waals surface area contributed by atoms with Crippen LogP contribution >= 0.6 is 11.6 Å². The quantitative estimate of drug-likeness (QED) is 0.389. The highest BCUT2D eigenvalue weighted by Crippen LogP contribution is 2.31. The average Bonchev–Trinajstić information content (AvgIpc) is 3.20. The lowest BCUT2D eigenvalue weighted by atomic mass is 10.1. The van der Waals surface area contributed by atoms with Crippen LogP contribution in [0, 0.1) is 11.6 Å². The molecular weight excluding hydrogens is 482 g/mol. The van der Waals surface area contributed by atoms with E-state index in [2.05, 4.69) is 20.3 Å². The molecule has 3 heterocycles. The number of sulfonamides is 1. The number of imidazole rings is 1. The zero-order valence-electron chi connectivity index (χ0n) is 16.6. The lowest BCUT2D eigenvalue weighted by Crippen LogP contribution is -2.23. The zero-order valence-corrected chi connectivity index (χ0v) is 18.1. The van der Waals surface area contributed by atoms with Gasteiger partial charge in [0.05, 0.1) is 33.7 Å². The Morgan fingerprint density at radius 1 is 1.24 bits per heavy atom. The van der Waals surface area contributed by atoms with E-state index in [1.54, 1.807) is 0 Å². The Hall–Kier alpha value is -3.84. The number of carbonyl (C=O) groups is 1. The van der Waals surface area contributed by atoms with Crippen LogP contribution in [0.5, 0.6) is 0 Å². The predicted octanol–water partition coefficient (Wildman–Crippen LogP) is 2.18. The number of hydrogen-bond donors (Lipinski definition) is 3. The van der Waals surface area contributed by atoms with Crippen molar-refractivity contribution in [1.29, 1.82) is 0 Å². The van der Waals surface area contributed by atoms with Gasteiger partial charge in [-0.2, -0.15) is 0 Å². The first-order valence-electron chi connectivity index (χ1n) is 9.06. The summed E-state index contributed by atoms with van der Waals surface area (Å²) < 4.78 is 58.3. The van der Waals surface area contributed by atoms with E-state index in [1.807, 2.05) is 4.72 Å². The van der Waals surface area contributed by atoms with Crippen LogP contribution in [0.25, 0.3) is 16.8 Å². The molecule has 0 saturated heterocycles. The van der Waals surface area contributed by atoms with E-state index in [0.29, 0.717) is 0 Å². The first kappa shape index (κ1) is 22.4. The molecule has 0 atom stereocenters. The summed E-state index contributed by atoms with van der Waals surface area (Å²) in [6.45, 7) is 0. The predicted molar refractivity (Wildman–Crippen MR) is 115 cm³/mol. The number of anilines is 1. The number of H-pyrrole nitrogens is 1. The van der Waals surface area contributed by atoms with Crippen LogP contribution in [0.15, 0.2) is 52.8 Å². The smallest absolute Gasteiger partial charge is 0.271 e. The maximum atomic E-state index is 15.2. The second-order valence-corrected chi connectivity index (χ2v) is 8.73. The number of benzene rings is 1. The Bertz CT molecular complexity index is 1590. The molecule has 170 valence electrons. The van der Waals surface area contributed by atoms with Crippen molar-refractivity contribution in [2.24, 2.45) is 0 Å². The van der Waals surface area contributed by atoms with Gasteiger partial charge >= 0.3 is 0 Å². The van der Waals surface area contributed by atoms with Crippen molar-refractivity contribution in [3.63, 3.8) is 0 Å². The fourth-order valence-electron chi connectivity index (χ4n) is 3.02. The van der Waals surface area contributed by atoms with E-state index >= 15 is 4.39 Å². The summed E-state index contributed by atoms with van der Waals surface area (Å²) in [5.74, 6) is -2.76. The van der Waals surface area contributed by atoms with Crippen molar-refractivity contribution in [1.82, 2.24) is 24.7 Å². The highest BCUT2D eigenvalue weighted by atomic mass is 35.5. The van der Waals surface area contributed by atoms with Crippen molar-refractivity contribution < 1.29 is 22.0 Å². The third kappa shape index (κ3) is 4.03. The van der Waals surface area contributed by atoms with E-state index in [4.69, 9.17) is 11.6 Å². The van der Waals surface area contributed by atoms with Crippen molar-refractivity contribution >= 4 is 38.7 Å². The van der Waals surface area contributed by atoms with Gasteiger partial charge in [0, 0.05) is 19.4 Å². The van der Waals surface area contributed by atoms with E-state index < -0.39 is 49.3 Å². The van der Waals surface area contributed by atoms with Gasteiger partial charge in [0.2, 0.25) is 0 Å². The molecule has 0 spiro atoms. The maximum Gasteiger partial charge on any atom is 0.271 e. The lowest BCUT2D eigenvalue weighted by molar-refractivity contribution is 0.0960. The lowest BCUT2D eigenvalue weighted by Gasteiger charge is -2.12. The molecule has 0 radical (unpaired) electrons. The minimum Gasteiger partial charge on any atom is -0.354 e. The highest BCUT2D eigenvalue weighted by molar-refractivity contribution is 7.92. The molecule has 0 unspecified atom stereocenters. The first-order chi connectivity index (χ1) is 15.6. The Balaban J connectivity index is 1.78. The summed E-state index contributed by atoms with van der Waals surface area (Å²) in [5.41, 5.74) is -2.08.